The van der Waals surface area contributed by atoms with Crippen LogP contribution >= 0.6 is 0 Å². The molecule has 0 amide bonds. The Bertz CT molecular complexity index is 1380. The smallest absolute Gasteiger partial charge is 0.158 e. The van der Waals surface area contributed by atoms with E-state index >= 15 is 0 Å². The van der Waals surface area contributed by atoms with Crippen molar-refractivity contribution >= 4 is 40.5 Å². The van der Waals surface area contributed by atoms with E-state index in [1.54, 1.807) is 18.2 Å². The molecule has 0 saturated heterocycles. The van der Waals surface area contributed by atoms with Crippen LogP contribution in [-0.2, 0) is 0 Å². The molecule has 0 aliphatic heterocycles. The third-order valence-electron chi connectivity index (χ3n) is 4.76. The average Bonchev–Trinajstić information content (AvgIpc) is 2.75. The summed E-state index contributed by atoms with van der Waals surface area (Å²) in [6.07, 6.45) is 8.30. The maximum Gasteiger partial charge on any atom is 0.158 e. The summed E-state index contributed by atoms with van der Waals surface area (Å²) < 4.78 is 43.1. The third-order valence-corrected chi connectivity index (χ3v) is 4.76. The van der Waals surface area contributed by atoms with Crippen LogP contribution in [0.3, 0.4) is 0 Å². The Morgan fingerprint density at radius 1 is 0.733 bits per heavy atom. The molecule has 0 spiro atoms. The number of hydrogen-bond donors (Lipinski definition) is 0. The standard InChI is InChI=1S/C22H14F3N5/c23-13-9-14(24)22(15(25)10-13)30(20-11-26-16-5-1-3-7-18(16)28-20)21-12-27-17-6-2-4-8-19(17)29-21/h1,3,5-12H,2,4H2. The highest BCUT2D eigenvalue weighted by Gasteiger charge is 2.25. The zero-order valence-corrected chi connectivity index (χ0v) is 15.6. The van der Waals surface area contributed by atoms with Crippen molar-refractivity contribution in [1.82, 2.24) is 19.9 Å². The normalized spacial score (nSPS) is 12.8. The SMILES string of the molecule is Fc1cc(F)c(N(c2cnc3c(n2)=CCCC=3)c2cnc3ccccc3n2)c(F)c1. The minimum absolute atomic E-state index is 0.132. The van der Waals surface area contributed by atoms with Gasteiger partial charge in [-0.3, -0.25) is 14.9 Å². The van der Waals surface area contributed by atoms with E-state index in [1.165, 1.54) is 17.3 Å². The fourth-order valence-corrected chi connectivity index (χ4v) is 3.41. The molecule has 2 aromatic heterocycles. The lowest BCUT2D eigenvalue weighted by Gasteiger charge is -2.23. The molecule has 2 heterocycles. The van der Waals surface area contributed by atoms with Crippen LogP contribution in [0.5, 0.6) is 0 Å². The molecular weight excluding hydrogens is 391 g/mol. The van der Waals surface area contributed by atoms with Crippen molar-refractivity contribution in [1.29, 1.82) is 0 Å². The zero-order valence-electron chi connectivity index (χ0n) is 15.6. The first-order chi connectivity index (χ1) is 14.6. The second-order valence-corrected chi connectivity index (χ2v) is 6.75. The largest absolute Gasteiger partial charge is 0.270 e. The maximum atomic E-state index is 14.8. The molecule has 0 radical (unpaired) electrons. The minimum atomic E-state index is -1.09. The number of aromatic nitrogens is 4. The first-order valence-corrected chi connectivity index (χ1v) is 9.30. The van der Waals surface area contributed by atoms with E-state index in [2.05, 4.69) is 19.9 Å². The van der Waals surface area contributed by atoms with Crippen LogP contribution in [0.25, 0.3) is 23.2 Å². The fraction of sp³-hybridized carbons (Fsp3) is 0.0909. The average molecular weight is 405 g/mol. The van der Waals surface area contributed by atoms with Crippen molar-refractivity contribution in [2.75, 3.05) is 4.90 Å². The third kappa shape index (κ3) is 3.16. The molecule has 5 nitrogen and oxygen atoms in total. The van der Waals surface area contributed by atoms with Crippen LogP contribution in [0.4, 0.5) is 30.5 Å². The van der Waals surface area contributed by atoms with Gasteiger partial charge in [0.1, 0.15) is 11.5 Å². The van der Waals surface area contributed by atoms with Gasteiger partial charge in [-0.25, -0.2) is 23.1 Å². The van der Waals surface area contributed by atoms with Crippen LogP contribution in [-0.4, -0.2) is 19.9 Å². The molecule has 1 aliphatic carbocycles. The Kier molecular flexibility index (Phi) is 4.39. The van der Waals surface area contributed by atoms with Gasteiger partial charge in [0.25, 0.3) is 0 Å². The van der Waals surface area contributed by atoms with Crippen molar-refractivity contribution in [3.05, 3.63) is 76.9 Å². The summed E-state index contributed by atoms with van der Waals surface area (Å²) in [5.41, 5.74) is 0.657. The van der Waals surface area contributed by atoms with Crippen molar-refractivity contribution in [2.45, 2.75) is 12.8 Å². The van der Waals surface area contributed by atoms with Gasteiger partial charge in [0, 0.05) is 12.1 Å². The molecule has 0 N–H and O–H groups in total. The Morgan fingerprint density at radius 2 is 1.37 bits per heavy atom. The number of fused-ring (bicyclic) bond motifs is 2. The van der Waals surface area contributed by atoms with Gasteiger partial charge in [0.05, 0.1) is 34.1 Å². The zero-order chi connectivity index (χ0) is 20.7. The van der Waals surface area contributed by atoms with Crippen LogP contribution in [0.2, 0.25) is 0 Å². The lowest BCUT2D eigenvalue weighted by Crippen LogP contribution is -2.34. The van der Waals surface area contributed by atoms with Gasteiger partial charge in [0.2, 0.25) is 0 Å². The van der Waals surface area contributed by atoms with Crippen LogP contribution in [0.1, 0.15) is 12.8 Å². The number of halogens is 3. The molecular formula is C22H14F3N5. The van der Waals surface area contributed by atoms with Gasteiger partial charge < -0.3 is 0 Å². The van der Waals surface area contributed by atoms with Gasteiger partial charge in [-0.1, -0.05) is 24.3 Å². The summed E-state index contributed by atoms with van der Waals surface area (Å²) in [5.74, 6) is -2.91. The van der Waals surface area contributed by atoms with Gasteiger partial charge in [0.15, 0.2) is 23.3 Å². The summed E-state index contributed by atoms with van der Waals surface area (Å²) in [7, 11) is 0. The van der Waals surface area contributed by atoms with Crippen LogP contribution in [0.15, 0.2) is 48.8 Å². The van der Waals surface area contributed by atoms with Crippen molar-refractivity contribution in [3.8, 4) is 0 Å². The molecule has 1 aliphatic rings. The van der Waals surface area contributed by atoms with Gasteiger partial charge in [-0.2, -0.15) is 0 Å². The van der Waals surface area contributed by atoms with E-state index in [9.17, 15) is 13.2 Å². The Hall–Kier alpha value is -3.81. The molecule has 4 aromatic rings. The summed E-state index contributed by atoms with van der Waals surface area (Å²) in [5, 5.41) is 1.31. The second-order valence-electron chi connectivity index (χ2n) is 6.75. The highest BCUT2D eigenvalue weighted by atomic mass is 19.1. The summed E-state index contributed by atoms with van der Waals surface area (Å²) in [6.45, 7) is 0. The van der Waals surface area contributed by atoms with E-state index in [1.807, 2.05) is 18.2 Å². The van der Waals surface area contributed by atoms with Gasteiger partial charge >= 0.3 is 0 Å². The number of anilines is 3. The lowest BCUT2D eigenvalue weighted by atomic mass is 10.2. The molecule has 8 heteroatoms. The first kappa shape index (κ1) is 18.2. The van der Waals surface area contributed by atoms with Crippen LogP contribution in [0, 0.1) is 17.5 Å². The molecule has 2 aromatic carbocycles. The number of hydrogen-bond acceptors (Lipinski definition) is 5. The number of rotatable bonds is 3. The number of benzene rings is 2. The molecule has 5 rings (SSSR count). The summed E-state index contributed by atoms with van der Waals surface area (Å²) >= 11 is 0. The minimum Gasteiger partial charge on any atom is -0.270 e. The Balaban J connectivity index is 1.78. The second kappa shape index (κ2) is 7.22. The van der Waals surface area contributed by atoms with E-state index in [4.69, 9.17) is 0 Å². The molecule has 148 valence electrons. The number of para-hydroxylation sites is 2. The van der Waals surface area contributed by atoms with Gasteiger partial charge in [-0.15, -0.1) is 0 Å². The summed E-state index contributed by atoms with van der Waals surface area (Å²) in [4.78, 5) is 18.9. The predicted octanol–water partition coefficient (Wildman–Crippen LogP) is 3.66. The molecule has 30 heavy (non-hydrogen) atoms. The highest BCUT2D eigenvalue weighted by molar-refractivity contribution is 5.79. The Labute approximate surface area is 168 Å². The summed E-state index contributed by atoms with van der Waals surface area (Å²) in [6, 6.07) is 8.35. The van der Waals surface area contributed by atoms with Crippen molar-refractivity contribution in [3.63, 3.8) is 0 Å². The molecule has 0 bridgehead atoms. The molecule has 0 saturated carbocycles. The van der Waals surface area contributed by atoms with Crippen molar-refractivity contribution in [2.24, 2.45) is 0 Å². The quantitative estimate of drug-likeness (QED) is 0.521. The Morgan fingerprint density at radius 3 is 2.13 bits per heavy atom. The number of nitrogens with zero attached hydrogens (tertiary/aromatic N) is 5. The fourth-order valence-electron chi connectivity index (χ4n) is 3.41. The highest BCUT2D eigenvalue weighted by Crippen LogP contribution is 2.35. The van der Waals surface area contributed by atoms with Crippen molar-refractivity contribution < 1.29 is 13.2 Å². The van der Waals surface area contributed by atoms with E-state index < -0.39 is 23.1 Å². The monoisotopic (exact) mass is 405 g/mol. The lowest BCUT2D eigenvalue weighted by molar-refractivity contribution is 0.545. The van der Waals surface area contributed by atoms with E-state index in [0.717, 1.165) is 12.8 Å². The van der Waals surface area contributed by atoms with Gasteiger partial charge in [-0.05, 0) is 25.0 Å². The predicted molar refractivity (Wildman–Crippen MR) is 107 cm³/mol. The first-order valence-electron chi connectivity index (χ1n) is 9.30. The van der Waals surface area contributed by atoms with Crippen LogP contribution < -0.4 is 15.6 Å². The molecule has 0 fully saturated rings. The van der Waals surface area contributed by atoms with E-state index in [0.29, 0.717) is 33.9 Å². The molecule has 0 unspecified atom stereocenters. The van der Waals surface area contributed by atoms with E-state index in [-0.39, 0.29) is 11.6 Å². The topological polar surface area (TPSA) is 54.8 Å². The maximum absolute atomic E-state index is 14.8. The molecule has 0 atom stereocenters.